The van der Waals surface area contributed by atoms with E-state index in [0.29, 0.717) is 12.0 Å². The molecule has 2 heterocycles. The number of cyclic esters (lactones) is 1. The van der Waals surface area contributed by atoms with Crippen LogP contribution in [0, 0.1) is 34.5 Å². The fraction of sp³-hybridized carbons (Fsp3) is 0.423. The predicted molar refractivity (Wildman–Crippen MR) is 118 cm³/mol. The molecule has 1 aromatic heterocycles. The molecular formula is C26H28N2O3. The first-order valence-corrected chi connectivity index (χ1v) is 10.8. The highest BCUT2D eigenvalue weighted by Gasteiger charge is 2.65. The van der Waals surface area contributed by atoms with Crippen molar-refractivity contribution < 1.29 is 14.6 Å². The lowest BCUT2D eigenvalue weighted by Crippen LogP contribution is -2.57. The van der Waals surface area contributed by atoms with Gasteiger partial charge in [0.25, 0.3) is 0 Å². The molecule has 6 atom stereocenters. The molecule has 1 aliphatic carbocycles. The van der Waals surface area contributed by atoms with E-state index in [9.17, 15) is 15.2 Å². The first kappa shape index (κ1) is 21.3. The third kappa shape index (κ3) is 3.36. The van der Waals surface area contributed by atoms with Gasteiger partial charge >= 0.3 is 5.97 Å². The van der Waals surface area contributed by atoms with E-state index < -0.39 is 17.0 Å². The number of benzene rings is 1. The molecule has 1 unspecified atom stereocenters. The first-order valence-electron chi connectivity index (χ1n) is 10.8. The highest BCUT2D eigenvalue weighted by atomic mass is 16.6. The molecule has 1 N–H and O–H groups in total. The number of fused-ring (bicyclic) bond motifs is 1. The molecule has 1 saturated carbocycles. The summed E-state index contributed by atoms with van der Waals surface area (Å²) in [6, 6.07) is 13.6. The molecule has 0 spiro atoms. The molecule has 0 amide bonds. The number of hydrogen-bond acceptors (Lipinski definition) is 5. The van der Waals surface area contributed by atoms with Gasteiger partial charge in [-0.15, -0.1) is 0 Å². The largest absolute Gasteiger partial charge is 0.460 e. The summed E-state index contributed by atoms with van der Waals surface area (Å²) in [5, 5.41) is 20.6. The molecular weight excluding hydrogens is 388 g/mol. The van der Waals surface area contributed by atoms with E-state index in [1.807, 2.05) is 43.3 Å². The maximum atomic E-state index is 12.4. The van der Waals surface area contributed by atoms with Crippen LogP contribution in [0.2, 0.25) is 0 Å². The molecule has 1 saturated heterocycles. The van der Waals surface area contributed by atoms with Crippen molar-refractivity contribution in [2.45, 2.75) is 45.8 Å². The zero-order valence-electron chi connectivity index (χ0n) is 18.4. The summed E-state index contributed by atoms with van der Waals surface area (Å²) in [5.41, 5.74) is 1.28. The number of carbonyl (C=O) groups excluding carboxylic acids is 1. The third-order valence-electron chi connectivity index (χ3n) is 7.53. The number of allylic oxidation sites excluding steroid dienone is 1. The van der Waals surface area contributed by atoms with Crippen molar-refractivity contribution in [2.24, 2.45) is 23.2 Å². The zero-order valence-corrected chi connectivity index (χ0v) is 18.4. The molecule has 1 aliphatic heterocycles. The van der Waals surface area contributed by atoms with Crippen LogP contribution in [0.4, 0.5) is 0 Å². The van der Waals surface area contributed by atoms with Crippen molar-refractivity contribution in [1.82, 2.24) is 4.98 Å². The van der Waals surface area contributed by atoms with Gasteiger partial charge in [0.05, 0.1) is 17.3 Å². The Hall–Kier alpha value is -2.97. The summed E-state index contributed by atoms with van der Waals surface area (Å²) in [7, 11) is 0. The van der Waals surface area contributed by atoms with Crippen LogP contribution >= 0.6 is 0 Å². The maximum absolute atomic E-state index is 12.4. The van der Waals surface area contributed by atoms with Crippen molar-refractivity contribution in [3.05, 3.63) is 59.9 Å². The number of carbonyl (C=O) groups is 1. The Kier molecular flexibility index (Phi) is 5.23. The van der Waals surface area contributed by atoms with Crippen LogP contribution < -0.4 is 0 Å². The molecule has 2 aromatic rings. The summed E-state index contributed by atoms with van der Waals surface area (Å²) in [4.78, 5) is 17.0. The molecule has 4 rings (SSSR count). The van der Waals surface area contributed by atoms with Crippen LogP contribution in [0.1, 0.15) is 45.4 Å². The van der Waals surface area contributed by atoms with Gasteiger partial charge in [-0.05, 0) is 48.8 Å². The van der Waals surface area contributed by atoms with Gasteiger partial charge in [-0.1, -0.05) is 51.1 Å². The van der Waals surface area contributed by atoms with E-state index in [1.54, 1.807) is 12.3 Å². The molecule has 2 aliphatic rings. The molecule has 31 heavy (non-hydrogen) atoms. The summed E-state index contributed by atoms with van der Waals surface area (Å²) >= 11 is 0. The topological polar surface area (TPSA) is 83.2 Å². The first-order chi connectivity index (χ1) is 14.7. The number of ether oxygens (including phenoxy) is 1. The van der Waals surface area contributed by atoms with Gasteiger partial charge in [0.1, 0.15) is 6.10 Å². The molecule has 0 radical (unpaired) electrons. The van der Waals surface area contributed by atoms with Crippen LogP contribution in [0.15, 0.2) is 48.7 Å². The smallest absolute Gasteiger partial charge is 0.338 e. The van der Waals surface area contributed by atoms with Crippen molar-refractivity contribution in [3.63, 3.8) is 0 Å². The number of hydrogen-bond donors (Lipinski definition) is 1. The van der Waals surface area contributed by atoms with E-state index in [2.05, 4.69) is 37.9 Å². The Labute approximate surface area is 183 Å². The Bertz CT molecular complexity index is 1070. The van der Waals surface area contributed by atoms with Crippen LogP contribution in [-0.2, 0) is 9.53 Å². The van der Waals surface area contributed by atoms with Gasteiger partial charge in [-0.3, -0.25) is 4.98 Å². The summed E-state index contributed by atoms with van der Waals surface area (Å²) < 4.78 is 5.48. The highest BCUT2D eigenvalue weighted by Crippen LogP contribution is 2.58. The second-order valence-electron chi connectivity index (χ2n) is 9.31. The standard InChI is InChI=1S/C26H28N2O3/c1-16-13-26(30)23(18(3)31-24(26)29)25(4,17(16)2)12-11-21-10-9-20(15-28-21)22-8-6-5-7-19(22)14-27/h5-12,15-18,23,30H,13H2,1-4H3/b12-11+/t16-,17?,18+,23-,25-,26-/m0/s1. The number of esters is 1. The molecule has 5 heteroatoms. The van der Waals surface area contributed by atoms with Crippen molar-refractivity contribution in [3.8, 4) is 17.2 Å². The Morgan fingerprint density at radius 2 is 1.97 bits per heavy atom. The fourth-order valence-corrected chi connectivity index (χ4v) is 5.66. The molecule has 5 nitrogen and oxygen atoms in total. The number of nitriles is 1. The second-order valence-corrected chi connectivity index (χ2v) is 9.31. The predicted octanol–water partition coefficient (Wildman–Crippen LogP) is 4.61. The highest BCUT2D eigenvalue weighted by molar-refractivity contribution is 5.83. The summed E-state index contributed by atoms with van der Waals surface area (Å²) in [5.74, 6) is -0.377. The number of aromatic nitrogens is 1. The zero-order chi connectivity index (χ0) is 22.4. The Balaban J connectivity index is 1.65. The quantitative estimate of drug-likeness (QED) is 0.739. The second kappa shape index (κ2) is 7.62. The lowest BCUT2D eigenvalue weighted by molar-refractivity contribution is -0.164. The van der Waals surface area contributed by atoms with E-state index in [1.165, 1.54) is 0 Å². The molecule has 160 valence electrons. The van der Waals surface area contributed by atoms with E-state index >= 15 is 0 Å². The minimum atomic E-state index is -1.44. The number of rotatable bonds is 3. The van der Waals surface area contributed by atoms with Crippen LogP contribution in [0.5, 0.6) is 0 Å². The van der Waals surface area contributed by atoms with E-state index in [0.717, 1.165) is 16.8 Å². The maximum Gasteiger partial charge on any atom is 0.338 e. The van der Waals surface area contributed by atoms with Crippen molar-refractivity contribution in [2.75, 3.05) is 0 Å². The van der Waals surface area contributed by atoms with Crippen LogP contribution in [-0.4, -0.2) is 27.8 Å². The average Bonchev–Trinajstić information content (AvgIpc) is 2.99. The minimum Gasteiger partial charge on any atom is -0.460 e. The minimum absolute atomic E-state index is 0.173. The lowest BCUT2D eigenvalue weighted by atomic mass is 9.52. The summed E-state index contributed by atoms with van der Waals surface area (Å²) in [6.07, 6.45) is 5.90. The average molecular weight is 417 g/mol. The van der Waals surface area contributed by atoms with Gasteiger partial charge < -0.3 is 9.84 Å². The molecule has 2 fully saturated rings. The van der Waals surface area contributed by atoms with Crippen molar-refractivity contribution >= 4 is 12.0 Å². The van der Waals surface area contributed by atoms with Crippen LogP contribution in [0.25, 0.3) is 17.2 Å². The third-order valence-corrected chi connectivity index (χ3v) is 7.53. The number of nitrogens with zero attached hydrogens (tertiary/aromatic N) is 2. The number of pyridine rings is 1. The summed E-state index contributed by atoms with van der Waals surface area (Å²) in [6.45, 7) is 8.24. The van der Waals surface area contributed by atoms with Crippen molar-refractivity contribution in [1.29, 1.82) is 5.26 Å². The van der Waals surface area contributed by atoms with Gasteiger partial charge in [0.15, 0.2) is 5.60 Å². The SMILES string of the molecule is CC1[C@@H](C)C[C@@]2(O)C(=O)O[C@H](C)[C@H]2[C@@]1(C)/C=C/c1ccc(-c2ccccc2C#N)cn1. The van der Waals surface area contributed by atoms with Gasteiger partial charge in [-0.25, -0.2) is 4.79 Å². The Morgan fingerprint density at radius 3 is 2.65 bits per heavy atom. The van der Waals surface area contributed by atoms with E-state index in [4.69, 9.17) is 4.74 Å². The van der Waals surface area contributed by atoms with E-state index in [-0.39, 0.29) is 23.9 Å². The van der Waals surface area contributed by atoms with Gasteiger partial charge in [0.2, 0.25) is 0 Å². The normalized spacial score (nSPS) is 34.9. The lowest BCUT2D eigenvalue weighted by Gasteiger charge is -2.51. The Morgan fingerprint density at radius 1 is 1.23 bits per heavy atom. The van der Waals surface area contributed by atoms with Gasteiger partial charge in [-0.2, -0.15) is 5.26 Å². The van der Waals surface area contributed by atoms with Gasteiger partial charge in [0, 0.05) is 23.2 Å². The monoisotopic (exact) mass is 416 g/mol. The number of aliphatic hydroxyl groups is 1. The molecule has 1 aromatic carbocycles. The van der Waals surface area contributed by atoms with Crippen LogP contribution in [0.3, 0.4) is 0 Å². The fourth-order valence-electron chi connectivity index (χ4n) is 5.66. The molecule has 0 bridgehead atoms.